The second-order valence-electron chi connectivity index (χ2n) is 3.84. The first-order valence-corrected chi connectivity index (χ1v) is 4.70. The van der Waals surface area contributed by atoms with E-state index in [1.165, 1.54) is 6.20 Å². The van der Waals surface area contributed by atoms with Gasteiger partial charge >= 0.3 is 5.97 Å². The molecule has 0 spiro atoms. The Morgan fingerprint density at radius 2 is 2.00 bits per heavy atom. The third kappa shape index (κ3) is 2.31. The number of carbonyl (C=O) groups is 1. The number of pyridine rings is 1. The van der Waals surface area contributed by atoms with Gasteiger partial charge < -0.3 is 5.11 Å². The second kappa shape index (κ2) is 4.22. The van der Waals surface area contributed by atoms with Gasteiger partial charge in [-0.2, -0.15) is 0 Å². The molecule has 0 bridgehead atoms. The van der Waals surface area contributed by atoms with Gasteiger partial charge in [0.15, 0.2) is 0 Å². The summed E-state index contributed by atoms with van der Waals surface area (Å²) in [4.78, 5) is 14.6. The van der Waals surface area contributed by atoms with Crippen LogP contribution in [0.2, 0.25) is 0 Å². The molecule has 0 aliphatic carbocycles. The molecule has 0 aliphatic heterocycles. The predicted molar refractivity (Wildman–Crippen MR) is 54.4 cm³/mol. The lowest BCUT2D eigenvalue weighted by Gasteiger charge is -2.15. The van der Waals surface area contributed by atoms with Crippen LogP contribution in [-0.2, 0) is 0 Å². The SMILES string of the molecule is CC(C)C(C)c1cncc(C(=O)O)c1. The van der Waals surface area contributed by atoms with Crippen LogP contribution in [0.3, 0.4) is 0 Å². The number of aromatic nitrogens is 1. The number of carboxylic acid groups (broad SMARTS) is 1. The van der Waals surface area contributed by atoms with Crippen molar-refractivity contribution in [1.82, 2.24) is 4.98 Å². The Bertz CT molecular complexity index is 334. The summed E-state index contributed by atoms with van der Waals surface area (Å²) in [6.45, 7) is 6.30. The van der Waals surface area contributed by atoms with Crippen LogP contribution in [0.15, 0.2) is 18.5 Å². The number of nitrogens with zero attached hydrogens (tertiary/aromatic N) is 1. The fourth-order valence-electron chi connectivity index (χ4n) is 1.21. The van der Waals surface area contributed by atoms with Gasteiger partial charge in [0.05, 0.1) is 5.56 Å². The maximum absolute atomic E-state index is 10.7. The van der Waals surface area contributed by atoms with Crippen molar-refractivity contribution in [1.29, 1.82) is 0 Å². The molecule has 0 aliphatic rings. The van der Waals surface area contributed by atoms with Crippen LogP contribution >= 0.6 is 0 Å². The van der Waals surface area contributed by atoms with E-state index < -0.39 is 5.97 Å². The molecule has 1 atom stereocenters. The molecular formula is C11H15NO2. The van der Waals surface area contributed by atoms with Crippen LogP contribution in [-0.4, -0.2) is 16.1 Å². The van der Waals surface area contributed by atoms with E-state index in [0.717, 1.165) is 5.56 Å². The van der Waals surface area contributed by atoms with Crippen LogP contribution in [0, 0.1) is 5.92 Å². The van der Waals surface area contributed by atoms with E-state index in [0.29, 0.717) is 11.8 Å². The Hall–Kier alpha value is -1.38. The monoisotopic (exact) mass is 193 g/mol. The fraction of sp³-hybridized carbons (Fsp3) is 0.455. The highest BCUT2D eigenvalue weighted by molar-refractivity contribution is 5.87. The highest BCUT2D eigenvalue weighted by Crippen LogP contribution is 2.23. The van der Waals surface area contributed by atoms with E-state index in [-0.39, 0.29) is 5.56 Å². The zero-order valence-corrected chi connectivity index (χ0v) is 8.69. The summed E-state index contributed by atoms with van der Waals surface area (Å²) in [6.07, 6.45) is 3.11. The minimum atomic E-state index is -0.921. The van der Waals surface area contributed by atoms with Crippen molar-refractivity contribution >= 4 is 5.97 Å². The molecule has 0 fully saturated rings. The normalized spacial score (nSPS) is 12.9. The van der Waals surface area contributed by atoms with Gasteiger partial charge in [0.2, 0.25) is 0 Å². The molecule has 14 heavy (non-hydrogen) atoms. The molecule has 0 saturated carbocycles. The molecule has 1 rings (SSSR count). The number of rotatable bonds is 3. The average Bonchev–Trinajstić information content (AvgIpc) is 2.16. The van der Waals surface area contributed by atoms with Crippen molar-refractivity contribution in [3.63, 3.8) is 0 Å². The van der Waals surface area contributed by atoms with Gasteiger partial charge in [-0.3, -0.25) is 4.98 Å². The molecule has 0 aromatic carbocycles. The lowest BCUT2D eigenvalue weighted by atomic mass is 9.91. The first-order valence-electron chi connectivity index (χ1n) is 4.70. The largest absolute Gasteiger partial charge is 0.478 e. The Morgan fingerprint density at radius 1 is 1.36 bits per heavy atom. The molecule has 3 nitrogen and oxygen atoms in total. The Balaban J connectivity index is 2.99. The Kier molecular flexibility index (Phi) is 3.23. The van der Waals surface area contributed by atoms with Crippen molar-refractivity contribution < 1.29 is 9.90 Å². The van der Waals surface area contributed by atoms with Crippen LogP contribution < -0.4 is 0 Å². The van der Waals surface area contributed by atoms with Gasteiger partial charge in [-0.25, -0.2) is 4.79 Å². The Labute approximate surface area is 83.8 Å². The number of carboxylic acids is 1. The van der Waals surface area contributed by atoms with Gasteiger partial charge in [-0.05, 0) is 23.5 Å². The quantitative estimate of drug-likeness (QED) is 0.802. The highest BCUT2D eigenvalue weighted by atomic mass is 16.4. The minimum absolute atomic E-state index is 0.259. The van der Waals surface area contributed by atoms with Crippen LogP contribution in [0.5, 0.6) is 0 Å². The maximum Gasteiger partial charge on any atom is 0.337 e. The minimum Gasteiger partial charge on any atom is -0.478 e. The van der Waals surface area contributed by atoms with E-state index in [9.17, 15) is 4.79 Å². The van der Waals surface area contributed by atoms with Gasteiger partial charge in [0, 0.05) is 12.4 Å². The zero-order chi connectivity index (χ0) is 10.7. The highest BCUT2D eigenvalue weighted by Gasteiger charge is 2.12. The smallest absolute Gasteiger partial charge is 0.337 e. The molecule has 0 radical (unpaired) electrons. The summed E-state index contributed by atoms with van der Waals surface area (Å²) in [5.41, 5.74) is 1.25. The molecule has 3 heteroatoms. The summed E-state index contributed by atoms with van der Waals surface area (Å²) in [5, 5.41) is 8.79. The first-order chi connectivity index (χ1) is 6.52. The second-order valence-corrected chi connectivity index (χ2v) is 3.84. The number of hydrogen-bond acceptors (Lipinski definition) is 2. The standard InChI is InChI=1S/C11H15NO2/c1-7(2)8(3)9-4-10(11(13)14)6-12-5-9/h4-8H,1-3H3,(H,13,14). The molecule has 1 heterocycles. The van der Waals surface area contributed by atoms with Gasteiger partial charge in [0.25, 0.3) is 0 Å². The van der Waals surface area contributed by atoms with Gasteiger partial charge in [-0.15, -0.1) is 0 Å². The van der Waals surface area contributed by atoms with E-state index in [2.05, 4.69) is 25.8 Å². The molecule has 1 unspecified atom stereocenters. The Morgan fingerprint density at radius 3 is 2.50 bits per heavy atom. The third-order valence-corrected chi connectivity index (χ3v) is 2.53. The summed E-state index contributed by atoms with van der Waals surface area (Å²) >= 11 is 0. The zero-order valence-electron chi connectivity index (χ0n) is 8.69. The molecule has 1 aromatic heterocycles. The van der Waals surface area contributed by atoms with Crippen molar-refractivity contribution in [3.05, 3.63) is 29.6 Å². The summed E-state index contributed by atoms with van der Waals surface area (Å²) in [5.74, 6) is -0.0991. The lowest BCUT2D eigenvalue weighted by Crippen LogP contribution is -2.05. The van der Waals surface area contributed by atoms with Gasteiger partial charge in [-0.1, -0.05) is 20.8 Å². The number of aromatic carboxylic acids is 1. The van der Waals surface area contributed by atoms with E-state index in [1.54, 1.807) is 12.3 Å². The number of hydrogen-bond donors (Lipinski definition) is 1. The topological polar surface area (TPSA) is 50.2 Å². The van der Waals surface area contributed by atoms with Gasteiger partial charge in [0.1, 0.15) is 0 Å². The van der Waals surface area contributed by atoms with Crippen LogP contribution in [0.4, 0.5) is 0 Å². The molecular weight excluding hydrogens is 178 g/mol. The van der Waals surface area contributed by atoms with Crippen molar-refractivity contribution in [2.75, 3.05) is 0 Å². The molecule has 1 aromatic rings. The molecule has 76 valence electrons. The van der Waals surface area contributed by atoms with Crippen LogP contribution in [0.25, 0.3) is 0 Å². The third-order valence-electron chi connectivity index (χ3n) is 2.53. The van der Waals surface area contributed by atoms with Crippen molar-refractivity contribution in [2.45, 2.75) is 26.7 Å². The van der Waals surface area contributed by atoms with E-state index >= 15 is 0 Å². The summed E-state index contributed by atoms with van der Waals surface area (Å²) < 4.78 is 0. The summed E-state index contributed by atoms with van der Waals surface area (Å²) in [6, 6.07) is 1.69. The van der Waals surface area contributed by atoms with Crippen molar-refractivity contribution in [3.8, 4) is 0 Å². The van der Waals surface area contributed by atoms with Crippen LogP contribution in [0.1, 0.15) is 42.6 Å². The fourth-order valence-corrected chi connectivity index (χ4v) is 1.21. The summed E-state index contributed by atoms with van der Waals surface area (Å²) in [7, 11) is 0. The van der Waals surface area contributed by atoms with E-state index in [1.807, 2.05) is 0 Å². The molecule has 0 saturated heterocycles. The van der Waals surface area contributed by atoms with E-state index in [4.69, 9.17) is 5.11 Å². The first kappa shape index (κ1) is 10.7. The average molecular weight is 193 g/mol. The predicted octanol–water partition coefficient (Wildman–Crippen LogP) is 2.54. The molecule has 1 N–H and O–H groups in total. The lowest BCUT2D eigenvalue weighted by molar-refractivity contribution is 0.0696. The van der Waals surface area contributed by atoms with Crippen molar-refractivity contribution in [2.24, 2.45) is 5.92 Å². The molecule has 0 amide bonds. The maximum atomic E-state index is 10.7.